The molecular formula is C13H12O3. The third-order valence-corrected chi connectivity index (χ3v) is 2.41. The van der Waals surface area contributed by atoms with Crippen molar-refractivity contribution < 1.29 is 14.3 Å². The molecule has 0 aliphatic carbocycles. The van der Waals surface area contributed by atoms with Gasteiger partial charge in [-0.2, -0.15) is 0 Å². The Hall–Kier alpha value is -1.90. The number of hydrogen-bond donors (Lipinski definition) is 0. The number of Topliss-reactive ketones (excluding diaryl/α,β-unsaturated/α-hetero) is 1. The fourth-order valence-electron chi connectivity index (χ4n) is 1.62. The number of rotatable bonds is 0. The van der Waals surface area contributed by atoms with E-state index in [1.165, 1.54) is 6.08 Å². The highest BCUT2D eigenvalue weighted by Crippen LogP contribution is 2.20. The van der Waals surface area contributed by atoms with Crippen molar-refractivity contribution in [3.63, 3.8) is 0 Å². The molecular weight excluding hydrogens is 204 g/mol. The molecule has 0 spiro atoms. The molecule has 3 nitrogen and oxygen atoms in total. The first-order valence-corrected chi connectivity index (χ1v) is 5.23. The Kier molecular flexibility index (Phi) is 3.15. The van der Waals surface area contributed by atoms with Gasteiger partial charge in [-0.15, -0.1) is 0 Å². The molecule has 0 fully saturated rings. The molecule has 0 N–H and O–H groups in total. The van der Waals surface area contributed by atoms with Crippen LogP contribution in [-0.2, 0) is 16.0 Å². The first kappa shape index (κ1) is 10.6. The van der Waals surface area contributed by atoms with Crippen molar-refractivity contribution in [2.75, 3.05) is 0 Å². The van der Waals surface area contributed by atoms with Gasteiger partial charge in [0.15, 0.2) is 0 Å². The minimum atomic E-state index is -0.387. The Morgan fingerprint density at radius 2 is 1.94 bits per heavy atom. The van der Waals surface area contributed by atoms with Gasteiger partial charge in [-0.3, -0.25) is 4.79 Å². The van der Waals surface area contributed by atoms with E-state index in [4.69, 9.17) is 4.74 Å². The average Bonchev–Trinajstić information content (AvgIpc) is 2.27. The van der Waals surface area contributed by atoms with Crippen LogP contribution in [0.15, 0.2) is 36.4 Å². The Morgan fingerprint density at radius 3 is 2.81 bits per heavy atom. The molecule has 0 amide bonds. The van der Waals surface area contributed by atoms with Crippen LogP contribution in [0, 0.1) is 0 Å². The maximum Gasteiger partial charge on any atom is 0.335 e. The number of ketones is 1. The highest BCUT2D eigenvalue weighted by atomic mass is 16.5. The monoisotopic (exact) mass is 216 g/mol. The summed E-state index contributed by atoms with van der Waals surface area (Å²) in [5, 5.41) is 0. The number of allylic oxidation sites excluding steroid dienone is 1. The number of fused-ring (bicyclic) bond motifs is 1. The Labute approximate surface area is 93.7 Å². The van der Waals surface area contributed by atoms with Crippen LogP contribution in [0.25, 0.3) is 0 Å². The molecule has 0 saturated carbocycles. The molecule has 1 aromatic carbocycles. The fourth-order valence-corrected chi connectivity index (χ4v) is 1.62. The lowest BCUT2D eigenvalue weighted by molar-refractivity contribution is -0.129. The van der Waals surface area contributed by atoms with E-state index in [1.54, 1.807) is 18.2 Å². The molecule has 0 radical (unpaired) electrons. The van der Waals surface area contributed by atoms with Gasteiger partial charge in [0, 0.05) is 24.5 Å². The first-order valence-electron chi connectivity index (χ1n) is 5.23. The lowest BCUT2D eigenvalue weighted by atomic mass is 10.0. The van der Waals surface area contributed by atoms with E-state index >= 15 is 0 Å². The molecule has 1 aromatic rings. The molecule has 82 valence electrons. The third kappa shape index (κ3) is 2.57. The topological polar surface area (TPSA) is 43.4 Å². The zero-order valence-electron chi connectivity index (χ0n) is 8.81. The second kappa shape index (κ2) is 4.75. The zero-order chi connectivity index (χ0) is 11.4. The summed E-state index contributed by atoms with van der Waals surface area (Å²) in [7, 11) is 0. The van der Waals surface area contributed by atoms with Crippen LogP contribution in [0.4, 0.5) is 0 Å². The van der Waals surface area contributed by atoms with Crippen molar-refractivity contribution in [3.05, 3.63) is 42.0 Å². The van der Waals surface area contributed by atoms with Gasteiger partial charge >= 0.3 is 5.97 Å². The van der Waals surface area contributed by atoms with Crippen molar-refractivity contribution in [2.45, 2.75) is 19.3 Å². The van der Waals surface area contributed by atoms with Gasteiger partial charge in [-0.05, 0) is 12.5 Å². The lowest BCUT2D eigenvalue weighted by Gasteiger charge is -2.09. The van der Waals surface area contributed by atoms with Crippen LogP contribution >= 0.6 is 0 Å². The average molecular weight is 216 g/mol. The summed E-state index contributed by atoms with van der Waals surface area (Å²) in [6.07, 6.45) is 4.44. The molecule has 0 atom stereocenters. The zero-order valence-corrected chi connectivity index (χ0v) is 8.81. The third-order valence-electron chi connectivity index (χ3n) is 2.41. The number of esters is 1. The summed E-state index contributed by atoms with van der Waals surface area (Å²) in [5.41, 5.74) is 0.774. The highest BCUT2D eigenvalue weighted by Gasteiger charge is 2.11. The second-order valence-corrected chi connectivity index (χ2v) is 3.69. The van der Waals surface area contributed by atoms with Gasteiger partial charge in [0.1, 0.15) is 11.5 Å². The summed E-state index contributed by atoms with van der Waals surface area (Å²) < 4.78 is 5.14. The Bertz CT molecular complexity index is 446. The number of hydrogen-bond acceptors (Lipinski definition) is 3. The van der Waals surface area contributed by atoms with E-state index in [1.807, 2.05) is 12.1 Å². The highest BCUT2D eigenvalue weighted by molar-refractivity contribution is 5.86. The van der Waals surface area contributed by atoms with E-state index in [9.17, 15) is 9.59 Å². The van der Waals surface area contributed by atoms with Crippen molar-refractivity contribution in [1.82, 2.24) is 0 Å². The standard InChI is InChI=1S/C13H12O3/c14-11-6-2-4-8-13(15)16-12-7-3-1-5-10(12)9-11/h1,3-5,7-8H,2,6,9H2/b8-4+. The van der Waals surface area contributed by atoms with Crippen LogP contribution in [-0.4, -0.2) is 11.8 Å². The molecule has 1 aliphatic rings. The summed E-state index contributed by atoms with van der Waals surface area (Å²) in [6, 6.07) is 7.13. The molecule has 16 heavy (non-hydrogen) atoms. The van der Waals surface area contributed by atoms with Crippen molar-refractivity contribution >= 4 is 11.8 Å². The van der Waals surface area contributed by atoms with E-state index in [-0.39, 0.29) is 11.8 Å². The van der Waals surface area contributed by atoms with Gasteiger partial charge < -0.3 is 4.74 Å². The van der Waals surface area contributed by atoms with Gasteiger partial charge in [0.25, 0.3) is 0 Å². The van der Waals surface area contributed by atoms with Gasteiger partial charge in [0.2, 0.25) is 0 Å². The minimum absolute atomic E-state index is 0.162. The molecule has 0 saturated heterocycles. The number of para-hydroxylation sites is 1. The number of carbonyl (C=O) groups excluding carboxylic acids is 2. The summed E-state index contributed by atoms with van der Waals surface area (Å²) >= 11 is 0. The molecule has 1 heterocycles. The normalized spacial score (nSPS) is 18.5. The Morgan fingerprint density at radius 1 is 1.12 bits per heavy atom. The van der Waals surface area contributed by atoms with Gasteiger partial charge in [-0.1, -0.05) is 24.3 Å². The van der Waals surface area contributed by atoms with E-state index < -0.39 is 0 Å². The quantitative estimate of drug-likeness (QED) is 0.492. The summed E-state index contributed by atoms with van der Waals surface area (Å²) in [4.78, 5) is 22.9. The molecule has 0 bridgehead atoms. The maximum absolute atomic E-state index is 11.6. The number of carbonyl (C=O) groups is 2. The smallest absolute Gasteiger partial charge is 0.335 e. The van der Waals surface area contributed by atoms with Crippen molar-refractivity contribution in [2.24, 2.45) is 0 Å². The summed E-state index contributed by atoms with van der Waals surface area (Å²) in [5.74, 6) is 0.254. The molecule has 1 aliphatic heterocycles. The predicted molar refractivity (Wildman–Crippen MR) is 59.2 cm³/mol. The Balaban J connectivity index is 2.33. The van der Waals surface area contributed by atoms with Crippen LogP contribution in [0.5, 0.6) is 5.75 Å². The van der Waals surface area contributed by atoms with Crippen molar-refractivity contribution in [3.8, 4) is 5.75 Å². The molecule has 3 heteroatoms. The van der Waals surface area contributed by atoms with Crippen LogP contribution in [0.2, 0.25) is 0 Å². The minimum Gasteiger partial charge on any atom is -0.423 e. The maximum atomic E-state index is 11.6. The number of benzene rings is 1. The van der Waals surface area contributed by atoms with E-state index in [0.717, 1.165) is 5.56 Å². The van der Waals surface area contributed by atoms with E-state index in [2.05, 4.69) is 0 Å². The second-order valence-electron chi connectivity index (χ2n) is 3.69. The van der Waals surface area contributed by atoms with Gasteiger partial charge in [-0.25, -0.2) is 4.79 Å². The predicted octanol–water partition coefficient (Wildman–Crippen LogP) is 2.05. The van der Waals surface area contributed by atoms with E-state index in [0.29, 0.717) is 25.0 Å². The van der Waals surface area contributed by atoms with Crippen LogP contribution in [0.3, 0.4) is 0 Å². The largest absolute Gasteiger partial charge is 0.423 e. The molecule has 2 rings (SSSR count). The summed E-state index contributed by atoms with van der Waals surface area (Å²) in [6.45, 7) is 0. The van der Waals surface area contributed by atoms with Crippen LogP contribution < -0.4 is 4.74 Å². The van der Waals surface area contributed by atoms with Crippen LogP contribution in [0.1, 0.15) is 18.4 Å². The fraction of sp³-hybridized carbons (Fsp3) is 0.231. The first-order chi connectivity index (χ1) is 7.75. The number of ether oxygens (including phenoxy) is 1. The molecule has 0 unspecified atom stereocenters. The van der Waals surface area contributed by atoms with Gasteiger partial charge in [0.05, 0.1) is 0 Å². The SMILES string of the molecule is O=C1CC/C=C/C(=O)Oc2ccccc2C1. The lowest BCUT2D eigenvalue weighted by Crippen LogP contribution is -2.10. The van der Waals surface area contributed by atoms with Crippen molar-refractivity contribution in [1.29, 1.82) is 0 Å². The molecule has 0 aromatic heterocycles.